The molecule has 3 rings (SSSR count). The van der Waals surface area contributed by atoms with Crippen molar-refractivity contribution in [1.82, 2.24) is 14.7 Å². The molecule has 1 aromatic carbocycles. The van der Waals surface area contributed by atoms with Gasteiger partial charge >= 0.3 is 6.18 Å². The van der Waals surface area contributed by atoms with Crippen LogP contribution >= 0.6 is 0 Å². The molecular weight excluding hydrogens is 373 g/mol. The topological polar surface area (TPSA) is 67.7 Å². The molecule has 2 amide bonds. The number of rotatable bonds is 3. The molecule has 1 unspecified atom stereocenters. The van der Waals surface area contributed by atoms with Crippen LogP contribution in [0.25, 0.3) is 0 Å². The number of piperidine rings is 1. The second-order valence-electron chi connectivity index (χ2n) is 7.05. The zero-order valence-corrected chi connectivity index (χ0v) is 15.3. The lowest BCUT2D eigenvalue weighted by Crippen LogP contribution is -2.59. The van der Waals surface area contributed by atoms with Crippen LogP contribution in [0, 0.1) is 11.3 Å². The summed E-state index contributed by atoms with van der Waals surface area (Å²) in [6, 6.07) is 7.82. The average molecular weight is 394 g/mol. The molecule has 0 spiro atoms. The lowest BCUT2D eigenvalue weighted by molar-refractivity contribution is -0.168. The molecule has 2 heterocycles. The van der Waals surface area contributed by atoms with Gasteiger partial charge in [-0.2, -0.15) is 18.4 Å². The predicted molar refractivity (Wildman–Crippen MR) is 94.3 cm³/mol. The van der Waals surface area contributed by atoms with Crippen molar-refractivity contribution in [2.24, 2.45) is 0 Å². The fourth-order valence-electron chi connectivity index (χ4n) is 3.74. The Hall–Kier alpha value is -2.60. The third-order valence-electron chi connectivity index (χ3n) is 5.18. The van der Waals surface area contributed by atoms with Crippen LogP contribution in [0.5, 0.6) is 0 Å². The van der Waals surface area contributed by atoms with Crippen LogP contribution in [0.1, 0.15) is 28.8 Å². The largest absolute Gasteiger partial charge is 0.406 e. The number of halogens is 3. The van der Waals surface area contributed by atoms with Crippen molar-refractivity contribution in [3.63, 3.8) is 0 Å². The van der Waals surface area contributed by atoms with Gasteiger partial charge < -0.3 is 9.80 Å². The first-order chi connectivity index (χ1) is 13.3. The zero-order valence-electron chi connectivity index (χ0n) is 15.3. The highest BCUT2D eigenvalue weighted by Crippen LogP contribution is 2.24. The Morgan fingerprint density at radius 3 is 2.32 bits per heavy atom. The number of likely N-dealkylation sites (tertiary alicyclic amines) is 1. The van der Waals surface area contributed by atoms with Crippen LogP contribution < -0.4 is 0 Å². The first-order valence-electron chi connectivity index (χ1n) is 9.17. The molecule has 2 saturated heterocycles. The lowest BCUT2D eigenvalue weighted by atomic mass is 10.0. The van der Waals surface area contributed by atoms with Crippen molar-refractivity contribution in [2.45, 2.75) is 25.1 Å². The number of benzene rings is 1. The molecule has 150 valence electrons. The summed E-state index contributed by atoms with van der Waals surface area (Å²) in [6.07, 6.45) is -3.32. The molecule has 2 fully saturated rings. The van der Waals surface area contributed by atoms with E-state index in [0.29, 0.717) is 50.1 Å². The van der Waals surface area contributed by atoms with Gasteiger partial charge in [-0.05, 0) is 37.1 Å². The molecule has 0 aliphatic carbocycles. The van der Waals surface area contributed by atoms with Crippen LogP contribution in [0.2, 0.25) is 0 Å². The van der Waals surface area contributed by atoms with E-state index in [1.54, 1.807) is 29.2 Å². The Kier molecular flexibility index (Phi) is 5.89. The molecule has 0 saturated carbocycles. The minimum Gasteiger partial charge on any atom is -0.336 e. The average Bonchev–Trinajstić information content (AvgIpc) is 2.68. The van der Waals surface area contributed by atoms with E-state index in [4.69, 9.17) is 5.26 Å². The van der Waals surface area contributed by atoms with Crippen LogP contribution in [0.15, 0.2) is 24.3 Å². The van der Waals surface area contributed by atoms with Gasteiger partial charge in [0.2, 0.25) is 5.91 Å². The van der Waals surface area contributed by atoms with Gasteiger partial charge in [0.1, 0.15) is 6.54 Å². The van der Waals surface area contributed by atoms with Gasteiger partial charge in [0.15, 0.2) is 0 Å². The van der Waals surface area contributed by atoms with E-state index < -0.39 is 24.7 Å². The van der Waals surface area contributed by atoms with E-state index >= 15 is 0 Å². The zero-order chi connectivity index (χ0) is 20.3. The Balaban J connectivity index is 1.57. The molecule has 0 aromatic heterocycles. The van der Waals surface area contributed by atoms with E-state index in [9.17, 15) is 22.8 Å². The molecule has 0 radical (unpaired) electrons. The van der Waals surface area contributed by atoms with Crippen LogP contribution in [0.3, 0.4) is 0 Å². The Morgan fingerprint density at radius 2 is 1.75 bits per heavy atom. The number of carbonyl (C=O) groups excluding carboxylic acids is 2. The van der Waals surface area contributed by atoms with Crippen molar-refractivity contribution in [3.05, 3.63) is 35.4 Å². The minimum atomic E-state index is -4.40. The van der Waals surface area contributed by atoms with Gasteiger partial charge in [-0.3, -0.25) is 14.5 Å². The smallest absolute Gasteiger partial charge is 0.336 e. The standard InChI is InChI=1S/C19H21F3N4O2/c20-19(21,22)13-26-7-1-2-16(18(26)28)24-8-10-25(11-9-24)17(27)15-5-3-14(12-23)4-6-15/h3-6,16H,1-2,7-11,13H2. The maximum absolute atomic E-state index is 12.7. The van der Waals surface area contributed by atoms with Crippen molar-refractivity contribution in [1.29, 1.82) is 5.26 Å². The van der Waals surface area contributed by atoms with E-state index in [1.807, 2.05) is 11.0 Å². The summed E-state index contributed by atoms with van der Waals surface area (Å²) in [5.74, 6) is -0.631. The highest BCUT2D eigenvalue weighted by Gasteiger charge is 2.40. The summed E-state index contributed by atoms with van der Waals surface area (Å²) >= 11 is 0. The van der Waals surface area contributed by atoms with E-state index in [2.05, 4.69) is 0 Å². The molecule has 1 aromatic rings. The summed E-state index contributed by atoms with van der Waals surface area (Å²) in [6.45, 7) is 0.617. The quantitative estimate of drug-likeness (QED) is 0.785. The number of alkyl halides is 3. The maximum atomic E-state index is 12.7. The summed E-state index contributed by atoms with van der Waals surface area (Å²) in [7, 11) is 0. The van der Waals surface area contributed by atoms with E-state index in [-0.39, 0.29) is 12.5 Å². The number of nitrogens with zero attached hydrogens (tertiary/aromatic N) is 4. The van der Waals surface area contributed by atoms with E-state index in [1.165, 1.54) is 0 Å². The Bertz CT molecular complexity index is 765. The SMILES string of the molecule is N#Cc1ccc(C(=O)N2CCN(C3CCCN(CC(F)(F)F)C3=O)CC2)cc1. The summed E-state index contributed by atoms with van der Waals surface area (Å²) in [5, 5.41) is 8.83. The second kappa shape index (κ2) is 8.19. The van der Waals surface area contributed by atoms with Crippen molar-refractivity contribution < 1.29 is 22.8 Å². The van der Waals surface area contributed by atoms with Crippen LogP contribution in [-0.4, -0.2) is 78.0 Å². The molecule has 1 atom stereocenters. The minimum absolute atomic E-state index is 0.131. The Morgan fingerprint density at radius 1 is 1.11 bits per heavy atom. The number of hydrogen-bond acceptors (Lipinski definition) is 4. The van der Waals surface area contributed by atoms with Gasteiger partial charge in [-0.15, -0.1) is 0 Å². The highest BCUT2D eigenvalue weighted by molar-refractivity contribution is 5.94. The molecular formula is C19H21F3N4O2. The molecule has 0 bridgehead atoms. The molecule has 2 aliphatic rings. The first-order valence-corrected chi connectivity index (χ1v) is 9.17. The molecule has 2 aliphatic heterocycles. The van der Waals surface area contributed by atoms with Crippen molar-refractivity contribution in [2.75, 3.05) is 39.3 Å². The molecule has 9 heteroatoms. The van der Waals surface area contributed by atoms with Crippen molar-refractivity contribution in [3.8, 4) is 6.07 Å². The number of amides is 2. The Labute approximate surface area is 161 Å². The van der Waals surface area contributed by atoms with Gasteiger partial charge in [-0.1, -0.05) is 0 Å². The van der Waals surface area contributed by atoms with Crippen LogP contribution in [0.4, 0.5) is 13.2 Å². The number of nitriles is 1. The first kappa shape index (κ1) is 20.1. The van der Waals surface area contributed by atoms with Crippen molar-refractivity contribution >= 4 is 11.8 Å². The summed E-state index contributed by atoms with van der Waals surface area (Å²) < 4.78 is 38.0. The predicted octanol–water partition coefficient (Wildman–Crippen LogP) is 1.87. The number of piperazine rings is 1. The lowest BCUT2D eigenvalue weighted by Gasteiger charge is -2.42. The van der Waals surface area contributed by atoms with Crippen LogP contribution in [-0.2, 0) is 4.79 Å². The van der Waals surface area contributed by atoms with E-state index in [0.717, 1.165) is 4.90 Å². The number of hydrogen-bond donors (Lipinski definition) is 0. The third kappa shape index (κ3) is 4.62. The fourth-order valence-corrected chi connectivity index (χ4v) is 3.74. The molecule has 0 N–H and O–H groups in total. The monoisotopic (exact) mass is 394 g/mol. The second-order valence-corrected chi connectivity index (χ2v) is 7.05. The summed E-state index contributed by atoms with van der Waals surface area (Å²) in [4.78, 5) is 29.5. The van der Waals surface area contributed by atoms with Gasteiger partial charge in [-0.25, -0.2) is 0 Å². The highest BCUT2D eigenvalue weighted by atomic mass is 19.4. The molecule has 28 heavy (non-hydrogen) atoms. The van der Waals surface area contributed by atoms with Gasteiger partial charge in [0, 0.05) is 38.3 Å². The fraction of sp³-hybridized carbons (Fsp3) is 0.526. The third-order valence-corrected chi connectivity index (χ3v) is 5.18. The summed E-state index contributed by atoms with van der Waals surface area (Å²) in [5.41, 5.74) is 0.957. The number of carbonyl (C=O) groups is 2. The molecule has 6 nitrogen and oxygen atoms in total. The maximum Gasteiger partial charge on any atom is 0.406 e. The normalized spacial score (nSPS) is 21.5. The van der Waals surface area contributed by atoms with Gasteiger partial charge in [0.05, 0.1) is 17.7 Å². The van der Waals surface area contributed by atoms with Gasteiger partial charge in [0.25, 0.3) is 5.91 Å².